The number of sulfone groups is 1. The molecule has 1 heterocycles. The van der Waals surface area contributed by atoms with Crippen molar-refractivity contribution in [2.24, 2.45) is 0 Å². The Hall–Kier alpha value is -0.620. The summed E-state index contributed by atoms with van der Waals surface area (Å²) in [6.45, 7) is 0.774. The van der Waals surface area contributed by atoms with E-state index < -0.39 is 15.8 Å². The maximum Gasteiger partial charge on any atom is 0.304 e. The topological polar surface area (TPSA) is 80.7 Å². The number of hydrogen-bond donors (Lipinski definition) is 1. The van der Waals surface area contributed by atoms with Crippen LogP contribution in [-0.4, -0.2) is 43.7 Å². The summed E-state index contributed by atoms with van der Waals surface area (Å²) in [6.07, 6.45) is 3.28. The second kappa shape index (κ2) is 6.20. The van der Waals surface area contributed by atoms with Gasteiger partial charge in [0.25, 0.3) is 0 Å². The van der Waals surface area contributed by atoms with Crippen molar-refractivity contribution in [3.05, 3.63) is 0 Å². The lowest BCUT2D eigenvalue weighted by molar-refractivity contribution is -0.136. The smallest absolute Gasteiger partial charge is 0.304 e. The van der Waals surface area contributed by atoms with E-state index in [2.05, 4.69) is 0 Å². The van der Waals surface area contributed by atoms with Crippen LogP contribution in [0.15, 0.2) is 0 Å². The molecule has 0 amide bonds. The van der Waals surface area contributed by atoms with Crippen LogP contribution in [0.4, 0.5) is 0 Å². The van der Waals surface area contributed by atoms with Crippen LogP contribution in [0.5, 0.6) is 0 Å². The lowest BCUT2D eigenvalue weighted by Gasteiger charge is -2.08. The molecule has 0 aliphatic carbocycles. The molecule has 0 bridgehead atoms. The van der Waals surface area contributed by atoms with Gasteiger partial charge < -0.3 is 9.84 Å². The van der Waals surface area contributed by atoms with Gasteiger partial charge in [0, 0.05) is 6.61 Å². The van der Waals surface area contributed by atoms with Crippen LogP contribution in [0.1, 0.15) is 32.1 Å². The zero-order valence-corrected chi connectivity index (χ0v) is 10.0. The average Bonchev–Trinajstić information content (AvgIpc) is 2.68. The predicted molar refractivity (Wildman–Crippen MR) is 59.1 cm³/mol. The predicted octanol–water partition coefficient (Wildman–Crippen LogP) is 0.835. The van der Waals surface area contributed by atoms with Gasteiger partial charge in [-0.2, -0.15) is 0 Å². The molecule has 0 aromatic rings. The van der Waals surface area contributed by atoms with E-state index in [4.69, 9.17) is 9.84 Å². The van der Waals surface area contributed by atoms with Gasteiger partial charge in [-0.25, -0.2) is 8.42 Å². The average molecular weight is 250 g/mol. The summed E-state index contributed by atoms with van der Waals surface area (Å²) in [6, 6.07) is 0. The molecule has 1 N–H and O–H groups in total. The monoisotopic (exact) mass is 250 g/mol. The molecule has 5 nitrogen and oxygen atoms in total. The Morgan fingerprint density at radius 2 is 2.12 bits per heavy atom. The van der Waals surface area contributed by atoms with Crippen molar-refractivity contribution in [3.8, 4) is 0 Å². The molecule has 1 unspecified atom stereocenters. The molecule has 1 rings (SSSR count). The molecular weight excluding hydrogens is 232 g/mol. The van der Waals surface area contributed by atoms with Crippen molar-refractivity contribution in [1.29, 1.82) is 0 Å². The third kappa shape index (κ3) is 5.46. The Morgan fingerprint density at radius 1 is 1.38 bits per heavy atom. The van der Waals surface area contributed by atoms with E-state index in [9.17, 15) is 13.2 Å². The maximum absolute atomic E-state index is 11.4. The first-order chi connectivity index (χ1) is 7.49. The summed E-state index contributed by atoms with van der Waals surface area (Å²) in [5.74, 6) is -1.25. The fraction of sp³-hybridized carbons (Fsp3) is 0.900. The van der Waals surface area contributed by atoms with Gasteiger partial charge in [0.15, 0.2) is 9.84 Å². The minimum absolute atomic E-state index is 0.0696. The molecule has 0 radical (unpaired) electrons. The number of rotatable bonds is 7. The molecule has 1 aliphatic rings. The van der Waals surface area contributed by atoms with E-state index in [1.807, 2.05) is 0 Å². The zero-order valence-electron chi connectivity index (χ0n) is 9.22. The highest BCUT2D eigenvalue weighted by molar-refractivity contribution is 7.91. The molecule has 16 heavy (non-hydrogen) atoms. The van der Waals surface area contributed by atoms with Crippen LogP contribution in [0, 0.1) is 0 Å². The summed E-state index contributed by atoms with van der Waals surface area (Å²) in [5.41, 5.74) is 0. The maximum atomic E-state index is 11.4. The minimum Gasteiger partial charge on any atom is -0.481 e. The molecule has 6 heteroatoms. The van der Waals surface area contributed by atoms with Crippen molar-refractivity contribution in [1.82, 2.24) is 0 Å². The molecule has 0 saturated carbocycles. The number of carboxylic acid groups (broad SMARTS) is 1. The van der Waals surface area contributed by atoms with Crippen molar-refractivity contribution in [2.75, 3.05) is 18.1 Å². The lowest BCUT2D eigenvalue weighted by Crippen LogP contribution is -2.16. The quantitative estimate of drug-likeness (QED) is 0.724. The van der Waals surface area contributed by atoms with E-state index >= 15 is 0 Å². The first-order valence-electron chi connectivity index (χ1n) is 5.53. The highest BCUT2D eigenvalue weighted by Crippen LogP contribution is 2.17. The second-order valence-corrected chi connectivity index (χ2v) is 6.38. The van der Waals surface area contributed by atoms with E-state index in [-0.39, 0.29) is 24.0 Å². The fourth-order valence-electron chi connectivity index (χ4n) is 1.75. The summed E-state index contributed by atoms with van der Waals surface area (Å²) in [7, 11) is -3.20. The van der Waals surface area contributed by atoms with Gasteiger partial charge in [-0.05, 0) is 25.7 Å². The highest BCUT2D eigenvalue weighted by Gasteiger charge is 2.17. The Balaban J connectivity index is 2.17. The molecule has 1 atom stereocenters. The summed E-state index contributed by atoms with van der Waals surface area (Å²) in [5, 5.41) is 8.39. The largest absolute Gasteiger partial charge is 0.481 e. The second-order valence-electron chi connectivity index (χ2n) is 4.07. The number of aliphatic carboxylic acids is 1. The molecular formula is C10H18O5S. The lowest BCUT2D eigenvalue weighted by atomic mass is 10.1. The first kappa shape index (κ1) is 13.4. The van der Waals surface area contributed by atoms with Gasteiger partial charge in [-0.1, -0.05) is 0 Å². The number of hydrogen-bond acceptors (Lipinski definition) is 4. The molecule has 0 aromatic heterocycles. The summed E-state index contributed by atoms with van der Waals surface area (Å²) in [4.78, 5) is 10.2. The van der Waals surface area contributed by atoms with Crippen LogP contribution in [-0.2, 0) is 19.4 Å². The van der Waals surface area contributed by atoms with Gasteiger partial charge in [0.1, 0.15) is 0 Å². The van der Waals surface area contributed by atoms with E-state index in [1.54, 1.807) is 0 Å². The number of ether oxygens (including phenoxy) is 1. The van der Waals surface area contributed by atoms with Crippen molar-refractivity contribution in [2.45, 2.75) is 38.2 Å². The SMILES string of the molecule is O=C(O)CCS(=O)(=O)CCCC1CCCO1. The first-order valence-corrected chi connectivity index (χ1v) is 7.35. The van der Waals surface area contributed by atoms with Gasteiger partial charge in [-0.15, -0.1) is 0 Å². The molecule has 0 aromatic carbocycles. The van der Waals surface area contributed by atoms with Crippen molar-refractivity contribution < 1.29 is 23.1 Å². The van der Waals surface area contributed by atoms with Gasteiger partial charge in [0.2, 0.25) is 0 Å². The van der Waals surface area contributed by atoms with Crippen LogP contribution in [0.2, 0.25) is 0 Å². The molecule has 1 saturated heterocycles. The van der Waals surface area contributed by atoms with Gasteiger partial charge in [-0.3, -0.25) is 4.79 Å². The van der Waals surface area contributed by atoms with E-state index in [0.29, 0.717) is 6.42 Å². The van der Waals surface area contributed by atoms with E-state index in [0.717, 1.165) is 25.9 Å². The minimum atomic E-state index is -3.20. The van der Waals surface area contributed by atoms with Crippen LogP contribution in [0.3, 0.4) is 0 Å². The normalized spacial score (nSPS) is 21.1. The highest BCUT2D eigenvalue weighted by atomic mass is 32.2. The summed E-state index contributed by atoms with van der Waals surface area (Å²) < 4.78 is 28.2. The standard InChI is InChI=1S/C10H18O5S/c11-10(12)5-8-16(13,14)7-2-4-9-3-1-6-15-9/h9H,1-8H2,(H,11,12). The Bertz CT molecular complexity index is 316. The molecule has 1 aliphatic heterocycles. The van der Waals surface area contributed by atoms with Crippen LogP contribution in [0.25, 0.3) is 0 Å². The van der Waals surface area contributed by atoms with Gasteiger partial charge >= 0.3 is 5.97 Å². The number of carboxylic acids is 1. The van der Waals surface area contributed by atoms with Crippen LogP contribution < -0.4 is 0 Å². The zero-order chi connectivity index (χ0) is 12.0. The Labute approximate surface area is 95.7 Å². The fourth-order valence-corrected chi connectivity index (χ4v) is 3.04. The summed E-state index contributed by atoms with van der Waals surface area (Å²) >= 11 is 0. The Morgan fingerprint density at radius 3 is 2.69 bits per heavy atom. The molecule has 1 fully saturated rings. The molecule has 94 valence electrons. The van der Waals surface area contributed by atoms with Gasteiger partial charge in [0.05, 0.1) is 24.0 Å². The third-order valence-corrected chi connectivity index (χ3v) is 4.37. The van der Waals surface area contributed by atoms with Crippen LogP contribution >= 0.6 is 0 Å². The Kier molecular flexibility index (Phi) is 5.21. The van der Waals surface area contributed by atoms with Crippen molar-refractivity contribution >= 4 is 15.8 Å². The third-order valence-electron chi connectivity index (χ3n) is 2.63. The molecule has 0 spiro atoms. The van der Waals surface area contributed by atoms with Crippen molar-refractivity contribution in [3.63, 3.8) is 0 Å². The van der Waals surface area contributed by atoms with E-state index in [1.165, 1.54) is 0 Å². The number of carbonyl (C=O) groups is 1.